The first kappa shape index (κ1) is 20.4. The molecule has 0 atom stereocenters. The van der Waals surface area contributed by atoms with E-state index in [0.29, 0.717) is 12.3 Å². The summed E-state index contributed by atoms with van der Waals surface area (Å²) in [6, 6.07) is 24.9. The Labute approximate surface area is 175 Å². The molecule has 29 heavy (non-hydrogen) atoms. The molecular formula is C25H21ClO3. The van der Waals surface area contributed by atoms with Gasteiger partial charge in [0.15, 0.2) is 0 Å². The monoisotopic (exact) mass is 404 g/mol. The summed E-state index contributed by atoms with van der Waals surface area (Å²) in [5, 5.41) is 18.5. The lowest BCUT2D eigenvalue weighted by atomic mass is 9.88. The standard InChI is InChI=1S/C25H21ClO3/c26-17-16-23(19-4-2-1-3-5-19)25(21-11-13-22(27)14-12-21)20-9-6-18(7-10-20)8-15-24(28)29/h1-15,27H,16-17H2,(H,28,29). The van der Waals surface area contributed by atoms with E-state index in [2.05, 4.69) is 12.1 Å². The smallest absolute Gasteiger partial charge is 0.328 e. The van der Waals surface area contributed by atoms with Crippen molar-refractivity contribution in [1.82, 2.24) is 0 Å². The van der Waals surface area contributed by atoms with Crippen molar-refractivity contribution in [2.75, 3.05) is 5.88 Å². The molecule has 3 rings (SSSR count). The molecule has 0 aromatic heterocycles. The minimum Gasteiger partial charge on any atom is -0.508 e. The van der Waals surface area contributed by atoms with Crippen molar-refractivity contribution in [1.29, 1.82) is 0 Å². The predicted molar refractivity (Wildman–Crippen MR) is 119 cm³/mol. The number of benzene rings is 3. The topological polar surface area (TPSA) is 57.5 Å². The number of alkyl halides is 1. The Hall–Kier alpha value is -3.30. The van der Waals surface area contributed by atoms with Gasteiger partial charge in [0, 0.05) is 12.0 Å². The van der Waals surface area contributed by atoms with Crippen LogP contribution in [-0.2, 0) is 4.79 Å². The molecule has 0 unspecified atom stereocenters. The Morgan fingerprint density at radius 1 is 0.828 bits per heavy atom. The first-order chi connectivity index (χ1) is 14.1. The van der Waals surface area contributed by atoms with E-state index >= 15 is 0 Å². The maximum Gasteiger partial charge on any atom is 0.328 e. The zero-order valence-corrected chi connectivity index (χ0v) is 16.5. The summed E-state index contributed by atoms with van der Waals surface area (Å²) in [4.78, 5) is 10.8. The SMILES string of the molecule is O=C(O)C=Cc1ccc(C(=C(CCCl)c2ccccc2)c2ccc(O)cc2)cc1. The summed E-state index contributed by atoms with van der Waals surface area (Å²) in [6.07, 6.45) is 3.37. The van der Waals surface area contributed by atoms with E-state index < -0.39 is 5.97 Å². The maximum absolute atomic E-state index is 10.8. The fourth-order valence-corrected chi connectivity index (χ4v) is 3.41. The van der Waals surface area contributed by atoms with Crippen LogP contribution in [-0.4, -0.2) is 22.1 Å². The molecule has 0 fully saturated rings. The second-order valence-electron chi connectivity index (χ2n) is 6.50. The van der Waals surface area contributed by atoms with Gasteiger partial charge in [0.05, 0.1) is 0 Å². The highest BCUT2D eigenvalue weighted by Crippen LogP contribution is 2.35. The molecule has 0 heterocycles. The summed E-state index contributed by atoms with van der Waals surface area (Å²) < 4.78 is 0. The minimum atomic E-state index is -0.979. The number of rotatable bonds is 7. The van der Waals surface area contributed by atoms with Crippen LogP contribution in [0.1, 0.15) is 28.7 Å². The molecule has 0 spiro atoms. The van der Waals surface area contributed by atoms with Crippen LogP contribution < -0.4 is 0 Å². The van der Waals surface area contributed by atoms with Gasteiger partial charge < -0.3 is 10.2 Å². The van der Waals surface area contributed by atoms with Crippen LogP contribution in [0, 0.1) is 0 Å². The molecule has 2 N–H and O–H groups in total. The second-order valence-corrected chi connectivity index (χ2v) is 6.88. The molecule has 0 aliphatic heterocycles. The van der Waals surface area contributed by atoms with Crippen molar-refractivity contribution in [2.45, 2.75) is 6.42 Å². The quantitative estimate of drug-likeness (QED) is 0.285. The van der Waals surface area contributed by atoms with Gasteiger partial charge >= 0.3 is 5.97 Å². The van der Waals surface area contributed by atoms with E-state index in [1.54, 1.807) is 18.2 Å². The van der Waals surface area contributed by atoms with Crippen molar-refractivity contribution in [3.63, 3.8) is 0 Å². The van der Waals surface area contributed by atoms with Crippen LogP contribution in [0.3, 0.4) is 0 Å². The Morgan fingerprint density at radius 3 is 1.97 bits per heavy atom. The molecule has 0 saturated heterocycles. The highest BCUT2D eigenvalue weighted by atomic mass is 35.5. The zero-order chi connectivity index (χ0) is 20.6. The molecule has 3 nitrogen and oxygen atoms in total. The fourth-order valence-electron chi connectivity index (χ4n) is 3.22. The number of aromatic hydroxyl groups is 1. The minimum absolute atomic E-state index is 0.209. The second kappa shape index (κ2) is 9.76. The Bertz CT molecular complexity index is 1020. The van der Waals surface area contributed by atoms with Gasteiger partial charge in [-0.25, -0.2) is 4.79 Å². The van der Waals surface area contributed by atoms with Crippen LogP contribution in [0.5, 0.6) is 5.75 Å². The number of aliphatic carboxylic acids is 1. The molecule has 0 aliphatic carbocycles. The van der Waals surface area contributed by atoms with E-state index in [4.69, 9.17) is 16.7 Å². The lowest BCUT2D eigenvalue weighted by molar-refractivity contribution is -0.131. The number of carboxylic acids is 1. The Balaban J connectivity index is 2.17. The number of carboxylic acid groups (broad SMARTS) is 1. The Kier molecular flexibility index (Phi) is 6.88. The summed E-state index contributed by atoms with van der Waals surface area (Å²) in [6.45, 7) is 0. The molecule has 146 valence electrons. The van der Waals surface area contributed by atoms with Gasteiger partial charge in [-0.3, -0.25) is 0 Å². The van der Waals surface area contributed by atoms with Crippen LogP contribution in [0.4, 0.5) is 0 Å². The Morgan fingerprint density at radius 2 is 1.41 bits per heavy atom. The van der Waals surface area contributed by atoms with Crippen LogP contribution in [0.25, 0.3) is 17.2 Å². The van der Waals surface area contributed by atoms with E-state index in [9.17, 15) is 9.90 Å². The first-order valence-electron chi connectivity index (χ1n) is 9.24. The maximum atomic E-state index is 10.8. The average Bonchev–Trinajstić information content (AvgIpc) is 2.74. The predicted octanol–water partition coefficient (Wildman–Crippen LogP) is 6.08. The average molecular weight is 405 g/mol. The third-order valence-electron chi connectivity index (χ3n) is 4.54. The van der Waals surface area contributed by atoms with Gasteiger partial charge in [-0.05, 0) is 58.0 Å². The van der Waals surface area contributed by atoms with Gasteiger partial charge in [-0.2, -0.15) is 0 Å². The van der Waals surface area contributed by atoms with E-state index in [1.807, 2.05) is 54.6 Å². The summed E-state index contributed by atoms with van der Waals surface area (Å²) in [5.74, 6) is -0.293. The number of phenolic OH excluding ortho intramolecular Hbond substituents is 1. The summed E-state index contributed by atoms with van der Waals surface area (Å²) >= 11 is 6.15. The number of allylic oxidation sites excluding steroid dienone is 1. The lowest BCUT2D eigenvalue weighted by Crippen LogP contribution is -1.97. The van der Waals surface area contributed by atoms with Crippen molar-refractivity contribution in [3.8, 4) is 5.75 Å². The number of halogens is 1. The molecular weight excluding hydrogens is 384 g/mol. The molecule has 0 aliphatic rings. The van der Waals surface area contributed by atoms with Gasteiger partial charge in [-0.1, -0.05) is 66.7 Å². The highest BCUT2D eigenvalue weighted by molar-refractivity contribution is 6.18. The molecule has 0 amide bonds. The van der Waals surface area contributed by atoms with Crippen LogP contribution in [0.2, 0.25) is 0 Å². The van der Waals surface area contributed by atoms with Crippen molar-refractivity contribution >= 4 is 34.8 Å². The van der Waals surface area contributed by atoms with E-state index in [1.165, 1.54) is 0 Å². The number of carbonyl (C=O) groups is 1. The molecule has 3 aromatic carbocycles. The van der Waals surface area contributed by atoms with Crippen molar-refractivity contribution < 1.29 is 15.0 Å². The van der Waals surface area contributed by atoms with Gasteiger partial charge in [0.1, 0.15) is 5.75 Å². The van der Waals surface area contributed by atoms with Crippen molar-refractivity contribution in [3.05, 3.63) is 107 Å². The third-order valence-corrected chi connectivity index (χ3v) is 4.73. The molecule has 0 saturated carbocycles. The normalized spacial score (nSPS) is 12.0. The first-order valence-corrected chi connectivity index (χ1v) is 9.77. The molecule has 0 bridgehead atoms. The molecule has 3 aromatic rings. The van der Waals surface area contributed by atoms with E-state index in [0.717, 1.165) is 39.5 Å². The van der Waals surface area contributed by atoms with Gasteiger partial charge in [-0.15, -0.1) is 11.6 Å². The van der Waals surface area contributed by atoms with Gasteiger partial charge in [0.25, 0.3) is 0 Å². The highest BCUT2D eigenvalue weighted by Gasteiger charge is 2.14. The summed E-state index contributed by atoms with van der Waals surface area (Å²) in [7, 11) is 0. The zero-order valence-electron chi connectivity index (χ0n) is 15.8. The van der Waals surface area contributed by atoms with Crippen LogP contribution in [0.15, 0.2) is 84.9 Å². The third kappa shape index (κ3) is 5.37. The number of hydrogen-bond acceptors (Lipinski definition) is 2. The van der Waals surface area contributed by atoms with Gasteiger partial charge in [0.2, 0.25) is 0 Å². The number of hydrogen-bond donors (Lipinski definition) is 2. The van der Waals surface area contributed by atoms with E-state index in [-0.39, 0.29) is 5.75 Å². The van der Waals surface area contributed by atoms with Crippen molar-refractivity contribution in [2.24, 2.45) is 0 Å². The lowest BCUT2D eigenvalue weighted by Gasteiger charge is -2.17. The van der Waals surface area contributed by atoms with Crippen LogP contribution >= 0.6 is 11.6 Å². The fraction of sp³-hybridized carbons (Fsp3) is 0.0800. The largest absolute Gasteiger partial charge is 0.508 e. The number of phenols is 1. The summed E-state index contributed by atoms with van der Waals surface area (Å²) in [5.41, 5.74) is 6.00. The molecule has 4 heteroatoms. The molecule has 0 radical (unpaired) electrons.